The molecule has 0 atom stereocenters. The van der Waals surface area contributed by atoms with Crippen LogP contribution in [0.25, 0.3) is 44.8 Å². The Bertz CT molecular complexity index is 2070. The Morgan fingerprint density at radius 2 is 1.33 bits per heavy atom. The molecule has 0 saturated heterocycles. The standard InChI is InChI=1S/C16H17ClN4O2S.C14H10ClN3O/c1-3-24(22,23)19-9-11-6-12(10-18-8-11)16-20-14-5-4-13(17)7-15(14)21(16)2;1-18-13-5-11(15)2-3-12(13)17-14(18)10-4-9(8-19)6-16-7-10/h4-8,10,19H,3,9H2,1-2H3;2-8H,1H3. The lowest BCUT2D eigenvalue weighted by Gasteiger charge is -2.07. The molecule has 0 fully saturated rings. The zero-order chi connectivity index (χ0) is 30.7. The zero-order valence-electron chi connectivity index (χ0n) is 23.5. The minimum atomic E-state index is -3.24. The van der Waals surface area contributed by atoms with E-state index in [9.17, 15) is 13.2 Å². The Morgan fingerprint density at radius 1 is 0.791 bits per heavy atom. The van der Waals surface area contributed by atoms with Gasteiger partial charge in [-0.05, 0) is 61.0 Å². The van der Waals surface area contributed by atoms with E-state index in [1.165, 1.54) is 6.20 Å². The third-order valence-corrected chi connectivity index (χ3v) is 8.58. The number of benzene rings is 2. The van der Waals surface area contributed by atoms with Gasteiger partial charge < -0.3 is 9.13 Å². The highest BCUT2D eigenvalue weighted by Crippen LogP contribution is 2.27. The van der Waals surface area contributed by atoms with Crippen molar-refractivity contribution in [3.05, 3.63) is 94.5 Å². The largest absolute Gasteiger partial charge is 0.327 e. The first-order chi connectivity index (χ1) is 20.6. The average Bonchev–Trinajstić information content (AvgIpc) is 3.52. The van der Waals surface area contributed by atoms with Gasteiger partial charge in [0.05, 0.1) is 27.8 Å². The zero-order valence-corrected chi connectivity index (χ0v) is 25.8. The van der Waals surface area contributed by atoms with Gasteiger partial charge in [0.2, 0.25) is 10.0 Å². The Kier molecular flexibility index (Phi) is 8.88. The van der Waals surface area contributed by atoms with Crippen LogP contribution in [0.5, 0.6) is 0 Å². The lowest BCUT2D eigenvalue weighted by Crippen LogP contribution is -2.24. The summed E-state index contributed by atoms with van der Waals surface area (Å²) < 4.78 is 29.6. The number of hydrogen-bond donors (Lipinski definition) is 1. The molecular formula is C30H27Cl2N7O3S. The van der Waals surface area contributed by atoms with E-state index in [4.69, 9.17) is 23.2 Å². The summed E-state index contributed by atoms with van der Waals surface area (Å²) in [4.78, 5) is 28.2. The van der Waals surface area contributed by atoms with Crippen molar-refractivity contribution in [3.63, 3.8) is 0 Å². The van der Waals surface area contributed by atoms with Gasteiger partial charge >= 0.3 is 0 Å². The molecule has 6 rings (SSSR count). The summed E-state index contributed by atoms with van der Waals surface area (Å²) in [5, 5.41) is 1.32. The number of pyridine rings is 2. The summed E-state index contributed by atoms with van der Waals surface area (Å²) in [6.07, 6.45) is 7.34. The summed E-state index contributed by atoms with van der Waals surface area (Å²) in [7, 11) is 0.580. The molecular weight excluding hydrogens is 609 g/mol. The number of hydrogen-bond acceptors (Lipinski definition) is 7. The molecule has 4 heterocycles. The molecule has 6 aromatic rings. The molecule has 0 aliphatic carbocycles. The number of fused-ring (bicyclic) bond motifs is 2. The number of carbonyl (C=O) groups is 1. The number of nitrogens with zero attached hydrogens (tertiary/aromatic N) is 6. The molecule has 4 aromatic heterocycles. The Morgan fingerprint density at radius 3 is 1.86 bits per heavy atom. The van der Waals surface area contributed by atoms with Crippen LogP contribution < -0.4 is 4.72 Å². The van der Waals surface area contributed by atoms with Crippen LogP contribution in [-0.2, 0) is 30.7 Å². The molecule has 0 amide bonds. The van der Waals surface area contributed by atoms with Gasteiger partial charge in [-0.3, -0.25) is 14.8 Å². The van der Waals surface area contributed by atoms with E-state index >= 15 is 0 Å². The van der Waals surface area contributed by atoms with E-state index in [-0.39, 0.29) is 12.3 Å². The minimum absolute atomic E-state index is 0.0473. The van der Waals surface area contributed by atoms with Gasteiger partial charge in [0.1, 0.15) is 11.6 Å². The van der Waals surface area contributed by atoms with Crippen LogP contribution in [0, 0.1) is 0 Å². The van der Waals surface area contributed by atoms with Gasteiger partial charge in [-0.2, -0.15) is 0 Å². The van der Waals surface area contributed by atoms with Crippen LogP contribution in [0.15, 0.2) is 73.3 Å². The van der Waals surface area contributed by atoms with Gasteiger partial charge in [0, 0.05) is 72.2 Å². The quantitative estimate of drug-likeness (QED) is 0.219. The number of nitrogens with one attached hydrogen (secondary N) is 1. The van der Waals surface area contributed by atoms with Crippen molar-refractivity contribution in [3.8, 4) is 22.8 Å². The van der Waals surface area contributed by atoms with Crippen LogP contribution in [0.1, 0.15) is 22.8 Å². The smallest absolute Gasteiger partial charge is 0.211 e. The lowest BCUT2D eigenvalue weighted by atomic mass is 10.2. The van der Waals surface area contributed by atoms with Gasteiger partial charge in [-0.25, -0.2) is 23.1 Å². The van der Waals surface area contributed by atoms with Crippen molar-refractivity contribution >= 4 is 61.6 Å². The molecule has 10 nitrogen and oxygen atoms in total. The normalized spacial score (nSPS) is 11.5. The van der Waals surface area contributed by atoms with Crippen LogP contribution in [0.3, 0.4) is 0 Å². The Labute approximate surface area is 258 Å². The summed E-state index contributed by atoms with van der Waals surface area (Å²) in [6.45, 7) is 1.80. The van der Waals surface area contributed by atoms with Gasteiger partial charge in [0.25, 0.3) is 0 Å². The topological polar surface area (TPSA) is 125 Å². The number of aromatic nitrogens is 6. The fourth-order valence-corrected chi connectivity index (χ4v) is 5.41. The highest BCUT2D eigenvalue weighted by Gasteiger charge is 2.13. The molecule has 0 unspecified atom stereocenters. The second kappa shape index (κ2) is 12.6. The number of imidazole rings is 2. The predicted octanol–water partition coefficient (Wildman–Crippen LogP) is 5.83. The second-order valence-electron chi connectivity index (χ2n) is 9.69. The third-order valence-electron chi connectivity index (χ3n) is 6.77. The molecule has 220 valence electrons. The van der Waals surface area contributed by atoms with Crippen LogP contribution in [0.4, 0.5) is 0 Å². The van der Waals surface area contributed by atoms with Crippen LogP contribution in [0.2, 0.25) is 10.0 Å². The van der Waals surface area contributed by atoms with E-state index in [0.29, 0.717) is 15.6 Å². The number of aryl methyl sites for hydroxylation is 2. The van der Waals surface area contributed by atoms with E-state index in [0.717, 1.165) is 56.7 Å². The van der Waals surface area contributed by atoms with Crippen molar-refractivity contribution in [2.45, 2.75) is 13.5 Å². The molecule has 0 saturated carbocycles. The SMILES string of the molecule is CCS(=O)(=O)NCc1cncc(-c2nc3ccc(Cl)cc3n2C)c1.Cn1c(-c2cncc(C=O)c2)nc2ccc(Cl)cc21. The number of halogens is 2. The summed E-state index contributed by atoms with van der Waals surface area (Å²) in [6, 6.07) is 14.7. The molecule has 0 spiro atoms. The maximum absolute atomic E-state index is 11.6. The third kappa shape index (κ3) is 6.75. The van der Waals surface area contributed by atoms with Crippen molar-refractivity contribution in [2.75, 3.05) is 5.75 Å². The fraction of sp³-hybridized carbons (Fsp3) is 0.167. The molecule has 0 aliphatic rings. The molecule has 0 bridgehead atoms. The molecule has 43 heavy (non-hydrogen) atoms. The van der Waals surface area contributed by atoms with Gasteiger partial charge in [-0.1, -0.05) is 23.2 Å². The van der Waals surface area contributed by atoms with E-state index < -0.39 is 10.0 Å². The monoisotopic (exact) mass is 635 g/mol. The lowest BCUT2D eigenvalue weighted by molar-refractivity contribution is 0.112. The summed E-state index contributed by atoms with van der Waals surface area (Å²) >= 11 is 12.0. The molecule has 1 N–H and O–H groups in total. The first-order valence-corrected chi connectivity index (χ1v) is 15.6. The Hall–Kier alpha value is -4.16. The molecule has 0 radical (unpaired) electrons. The van der Waals surface area contributed by atoms with Gasteiger partial charge in [-0.15, -0.1) is 0 Å². The number of aldehydes is 1. The highest BCUT2D eigenvalue weighted by atomic mass is 35.5. The fourth-order valence-electron chi connectivity index (χ4n) is 4.49. The maximum atomic E-state index is 11.6. The minimum Gasteiger partial charge on any atom is -0.327 e. The summed E-state index contributed by atoms with van der Waals surface area (Å²) in [5.74, 6) is 1.56. The number of rotatable bonds is 7. The van der Waals surface area contributed by atoms with Crippen molar-refractivity contribution < 1.29 is 13.2 Å². The number of carbonyl (C=O) groups excluding carboxylic acids is 1. The molecule has 0 aliphatic heterocycles. The molecule has 13 heteroatoms. The second-order valence-corrected chi connectivity index (χ2v) is 12.7. The van der Waals surface area contributed by atoms with Crippen molar-refractivity contribution in [2.24, 2.45) is 14.1 Å². The average molecular weight is 637 g/mol. The predicted molar refractivity (Wildman–Crippen MR) is 170 cm³/mol. The van der Waals surface area contributed by atoms with Crippen molar-refractivity contribution in [1.82, 2.24) is 33.8 Å². The van der Waals surface area contributed by atoms with E-state index in [2.05, 4.69) is 24.7 Å². The Balaban J connectivity index is 0.000000176. The van der Waals surface area contributed by atoms with E-state index in [1.807, 2.05) is 53.6 Å². The van der Waals surface area contributed by atoms with E-state index in [1.54, 1.807) is 43.7 Å². The van der Waals surface area contributed by atoms with Crippen LogP contribution in [-0.4, -0.2) is 49.5 Å². The number of sulfonamides is 1. The highest BCUT2D eigenvalue weighted by molar-refractivity contribution is 7.89. The van der Waals surface area contributed by atoms with Gasteiger partial charge in [0.15, 0.2) is 6.29 Å². The maximum Gasteiger partial charge on any atom is 0.211 e. The first kappa shape index (κ1) is 30.3. The molecule has 2 aromatic carbocycles. The van der Waals surface area contributed by atoms with Crippen molar-refractivity contribution in [1.29, 1.82) is 0 Å². The first-order valence-electron chi connectivity index (χ1n) is 13.1. The van der Waals surface area contributed by atoms with Crippen LogP contribution >= 0.6 is 23.2 Å². The summed E-state index contributed by atoms with van der Waals surface area (Å²) in [5.41, 5.74) is 6.50.